The summed E-state index contributed by atoms with van der Waals surface area (Å²) in [6.07, 6.45) is 0. The second-order valence-electron chi connectivity index (χ2n) is 5.07. The highest BCUT2D eigenvalue weighted by Crippen LogP contribution is 2.27. The minimum absolute atomic E-state index is 0.138. The molecule has 0 bridgehead atoms. The summed E-state index contributed by atoms with van der Waals surface area (Å²) < 4.78 is 5.08. The van der Waals surface area contributed by atoms with Crippen molar-refractivity contribution in [3.63, 3.8) is 0 Å². The predicted octanol–water partition coefficient (Wildman–Crippen LogP) is 4.02. The first-order chi connectivity index (χ1) is 10.5. The number of nitrogens with one attached hydrogen (secondary N) is 2. The van der Waals surface area contributed by atoms with Gasteiger partial charge in [0.25, 0.3) is 0 Å². The number of carbonyl (C=O) groups excluding carboxylic acids is 1. The number of halogens is 1. The Morgan fingerprint density at radius 1 is 1.18 bits per heavy atom. The maximum atomic E-state index is 12.0. The molecule has 0 spiro atoms. The molecule has 2 aromatic carbocycles. The molecule has 0 atom stereocenters. The van der Waals surface area contributed by atoms with Crippen molar-refractivity contribution < 1.29 is 9.53 Å². The number of hydrogen-bond acceptors (Lipinski definition) is 3. The van der Waals surface area contributed by atoms with Gasteiger partial charge in [-0.05, 0) is 43.7 Å². The van der Waals surface area contributed by atoms with Gasteiger partial charge in [0.05, 0.1) is 18.7 Å². The molecule has 2 aromatic rings. The van der Waals surface area contributed by atoms with Crippen LogP contribution in [-0.4, -0.2) is 19.6 Å². The molecule has 0 fully saturated rings. The van der Waals surface area contributed by atoms with Gasteiger partial charge in [0.2, 0.25) is 5.91 Å². The predicted molar refractivity (Wildman–Crippen MR) is 91.0 cm³/mol. The lowest BCUT2D eigenvalue weighted by Crippen LogP contribution is -2.22. The minimum Gasteiger partial charge on any atom is -0.495 e. The van der Waals surface area contributed by atoms with Crippen LogP contribution in [0.5, 0.6) is 5.75 Å². The number of ether oxygens (including phenoxy) is 1. The van der Waals surface area contributed by atoms with E-state index in [9.17, 15) is 4.79 Å². The van der Waals surface area contributed by atoms with E-state index >= 15 is 0 Å². The van der Waals surface area contributed by atoms with E-state index in [1.54, 1.807) is 25.3 Å². The number of methoxy groups -OCH3 is 1. The first kappa shape index (κ1) is 16.2. The lowest BCUT2D eigenvalue weighted by atomic mass is 10.1. The minimum atomic E-state index is -0.138. The molecule has 0 aliphatic rings. The Labute approximate surface area is 135 Å². The van der Waals surface area contributed by atoms with Gasteiger partial charge in [-0.2, -0.15) is 0 Å². The number of rotatable bonds is 5. The summed E-state index contributed by atoms with van der Waals surface area (Å²) in [7, 11) is 1.55. The molecule has 0 saturated carbocycles. The lowest BCUT2D eigenvalue weighted by Gasteiger charge is -2.11. The van der Waals surface area contributed by atoms with Crippen molar-refractivity contribution in [2.45, 2.75) is 13.8 Å². The molecule has 22 heavy (non-hydrogen) atoms. The smallest absolute Gasteiger partial charge is 0.243 e. The number of amides is 1. The molecule has 5 heteroatoms. The van der Waals surface area contributed by atoms with Crippen LogP contribution in [0.1, 0.15) is 11.1 Å². The second-order valence-corrected chi connectivity index (χ2v) is 5.48. The quantitative estimate of drug-likeness (QED) is 0.875. The summed E-state index contributed by atoms with van der Waals surface area (Å²) in [4.78, 5) is 12.0. The van der Waals surface area contributed by atoms with Crippen LogP contribution >= 0.6 is 11.6 Å². The van der Waals surface area contributed by atoms with E-state index in [-0.39, 0.29) is 12.5 Å². The fourth-order valence-corrected chi connectivity index (χ4v) is 2.39. The van der Waals surface area contributed by atoms with Crippen LogP contribution in [0.4, 0.5) is 11.4 Å². The number of carbonyl (C=O) groups is 1. The molecular weight excluding hydrogens is 300 g/mol. The summed E-state index contributed by atoms with van der Waals surface area (Å²) in [5, 5.41) is 6.38. The van der Waals surface area contributed by atoms with Gasteiger partial charge in [0.15, 0.2) is 0 Å². The maximum absolute atomic E-state index is 12.0. The molecule has 2 rings (SSSR count). The first-order valence-electron chi connectivity index (χ1n) is 6.94. The van der Waals surface area contributed by atoms with Crippen LogP contribution in [0, 0.1) is 13.8 Å². The largest absolute Gasteiger partial charge is 0.495 e. The first-order valence-corrected chi connectivity index (χ1v) is 7.32. The van der Waals surface area contributed by atoms with E-state index in [0.29, 0.717) is 16.5 Å². The van der Waals surface area contributed by atoms with E-state index in [1.807, 2.05) is 26.0 Å². The van der Waals surface area contributed by atoms with Crippen molar-refractivity contribution in [2.24, 2.45) is 0 Å². The fourth-order valence-electron chi connectivity index (χ4n) is 2.14. The normalized spacial score (nSPS) is 10.2. The Bertz CT molecular complexity index is 686. The highest BCUT2D eigenvalue weighted by molar-refractivity contribution is 6.32. The van der Waals surface area contributed by atoms with Crippen LogP contribution in [0.2, 0.25) is 5.02 Å². The zero-order valence-electron chi connectivity index (χ0n) is 12.9. The molecule has 0 aromatic heterocycles. The van der Waals surface area contributed by atoms with Crippen molar-refractivity contribution >= 4 is 28.9 Å². The molecule has 0 aliphatic heterocycles. The zero-order chi connectivity index (χ0) is 16.1. The van der Waals surface area contributed by atoms with Crippen molar-refractivity contribution in [2.75, 3.05) is 24.3 Å². The van der Waals surface area contributed by atoms with E-state index in [2.05, 4.69) is 16.7 Å². The Morgan fingerprint density at radius 2 is 1.95 bits per heavy atom. The molecule has 0 aliphatic carbocycles. The van der Waals surface area contributed by atoms with Gasteiger partial charge in [0.1, 0.15) is 5.75 Å². The monoisotopic (exact) mass is 318 g/mol. The average molecular weight is 319 g/mol. The van der Waals surface area contributed by atoms with Gasteiger partial charge in [-0.3, -0.25) is 4.79 Å². The van der Waals surface area contributed by atoms with E-state index < -0.39 is 0 Å². The van der Waals surface area contributed by atoms with Crippen LogP contribution < -0.4 is 15.4 Å². The number of benzene rings is 2. The third-order valence-electron chi connectivity index (χ3n) is 3.26. The van der Waals surface area contributed by atoms with Gasteiger partial charge < -0.3 is 15.4 Å². The summed E-state index contributed by atoms with van der Waals surface area (Å²) in [6.45, 7) is 4.24. The second kappa shape index (κ2) is 7.18. The molecule has 0 radical (unpaired) electrons. The highest BCUT2D eigenvalue weighted by atomic mass is 35.5. The van der Waals surface area contributed by atoms with Crippen molar-refractivity contribution in [3.8, 4) is 5.75 Å². The topological polar surface area (TPSA) is 50.4 Å². The molecule has 1 amide bonds. The SMILES string of the molecule is COc1ccc(NC(=O)CNc2ccc(C)cc2C)cc1Cl. The molecule has 2 N–H and O–H groups in total. The number of anilines is 2. The Balaban J connectivity index is 1.94. The third kappa shape index (κ3) is 4.15. The molecule has 4 nitrogen and oxygen atoms in total. The van der Waals surface area contributed by atoms with Gasteiger partial charge >= 0.3 is 0 Å². The van der Waals surface area contributed by atoms with E-state index in [1.165, 1.54) is 5.56 Å². The number of hydrogen-bond donors (Lipinski definition) is 2. The van der Waals surface area contributed by atoms with E-state index in [0.717, 1.165) is 11.3 Å². The Kier molecular flexibility index (Phi) is 5.28. The summed E-state index contributed by atoms with van der Waals surface area (Å²) in [5.74, 6) is 0.439. The van der Waals surface area contributed by atoms with Crippen LogP contribution in [-0.2, 0) is 4.79 Å². The van der Waals surface area contributed by atoms with Crippen molar-refractivity contribution in [1.29, 1.82) is 0 Å². The number of aryl methyl sites for hydroxylation is 2. The van der Waals surface area contributed by atoms with Gasteiger partial charge in [0, 0.05) is 11.4 Å². The Hall–Kier alpha value is -2.20. The third-order valence-corrected chi connectivity index (χ3v) is 3.55. The van der Waals surface area contributed by atoms with Gasteiger partial charge in [-0.1, -0.05) is 29.3 Å². The molecule has 0 saturated heterocycles. The summed E-state index contributed by atoms with van der Waals surface area (Å²) in [5.41, 5.74) is 3.90. The summed E-state index contributed by atoms with van der Waals surface area (Å²) >= 11 is 6.03. The molecule has 116 valence electrons. The fraction of sp³-hybridized carbons (Fsp3) is 0.235. The van der Waals surface area contributed by atoms with Gasteiger partial charge in [-0.15, -0.1) is 0 Å². The standard InChI is InChI=1S/C17H19ClN2O2/c1-11-4-6-15(12(2)8-11)19-10-17(21)20-13-5-7-16(22-3)14(18)9-13/h4-9,19H,10H2,1-3H3,(H,20,21). The Morgan fingerprint density at radius 3 is 2.59 bits per heavy atom. The van der Waals surface area contributed by atoms with Crippen LogP contribution in [0.25, 0.3) is 0 Å². The zero-order valence-corrected chi connectivity index (χ0v) is 13.6. The molecule has 0 unspecified atom stereocenters. The van der Waals surface area contributed by atoms with Crippen LogP contribution in [0.15, 0.2) is 36.4 Å². The van der Waals surface area contributed by atoms with Gasteiger partial charge in [-0.25, -0.2) is 0 Å². The maximum Gasteiger partial charge on any atom is 0.243 e. The molecule has 0 heterocycles. The van der Waals surface area contributed by atoms with Crippen molar-refractivity contribution in [1.82, 2.24) is 0 Å². The average Bonchev–Trinajstić information content (AvgIpc) is 2.46. The highest BCUT2D eigenvalue weighted by Gasteiger charge is 2.06. The summed E-state index contributed by atoms with van der Waals surface area (Å²) in [6, 6.07) is 11.2. The molecular formula is C17H19ClN2O2. The van der Waals surface area contributed by atoms with Crippen LogP contribution in [0.3, 0.4) is 0 Å². The lowest BCUT2D eigenvalue weighted by molar-refractivity contribution is -0.114. The van der Waals surface area contributed by atoms with Crippen molar-refractivity contribution in [3.05, 3.63) is 52.5 Å². The van der Waals surface area contributed by atoms with E-state index in [4.69, 9.17) is 16.3 Å².